The Hall–Kier alpha value is -2.37. The fourth-order valence-corrected chi connectivity index (χ4v) is 2.87. The second kappa shape index (κ2) is 8.47. The van der Waals surface area contributed by atoms with E-state index in [-0.39, 0.29) is 22.9 Å². The Balaban J connectivity index is 2.87. The third kappa shape index (κ3) is 5.68. The van der Waals surface area contributed by atoms with Gasteiger partial charge < -0.3 is 10.4 Å². The predicted molar refractivity (Wildman–Crippen MR) is 88.8 cm³/mol. The molecule has 0 saturated carbocycles. The van der Waals surface area contributed by atoms with Crippen molar-refractivity contribution in [1.29, 1.82) is 0 Å². The van der Waals surface area contributed by atoms with Crippen LogP contribution in [0.25, 0.3) is 0 Å². The maximum atomic E-state index is 12.1. The molecule has 1 rings (SSSR count). The first-order valence-corrected chi connectivity index (χ1v) is 8.72. The number of amides is 1. The van der Waals surface area contributed by atoms with Crippen LogP contribution in [0.1, 0.15) is 30.6 Å². The zero-order valence-electron chi connectivity index (χ0n) is 13.4. The fourth-order valence-electron chi connectivity index (χ4n) is 1.94. The van der Waals surface area contributed by atoms with E-state index >= 15 is 0 Å². The Morgan fingerprint density at radius 2 is 1.83 bits per heavy atom. The molecule has 0 aliphatic rings. The number of carbonyl (C=O) groups excluding carboxylic acids is 1. The van der Waals surface area contributed by atoms with Gasteiger partial charge in [-0.15, -0.1) is 6.42 Å². The summed E-state index contributed by atoms with van der Waals surface area (Å²) in [5.41, 5.74) is 0.168. The number of hydrogen-bond acceptors (Lipinski definition) is 4. The van der Waals surface area contributed by atoms with Crippen LogP contribution >= 0.6 is 0 Å². The van der Waals surface area contributed by atoms with Crippen LogP contribution in [0.2, 0.25) is 0 Å². The summed E-state index contributed by atoms with van der Waals surface area (Å²) >= 11 is 0. The summed E-state index contributed by atoms with van der Waals surface area (Å²) < 4.78 is 26.0. The zero-order valence-corrected chi connectivity index (χ0v) is 14.3. The van der Waals surface area contributed by atoms with E-state index in [4.69, 9.17) is 11.5 Å². The summed E-state index contributed by atoms with van der Waals surface area (Å²) in [4.78, 5) is 23.2. The van der Waals surface area contributed by atoms with E-state index in [9.17, 15) is 18.0 Å². The maximum Gasteiger partial charge on any atom is 0.326 e. The second-order valence-corrected chi connectivity index (χ2v) is 7.31. The molecule has 24 heavy (non-hydrogen) atoms. The smallest absolute Gasteiger partial charge is 0.326 e. The third-order valence-corrected chi connectivity index (χ3v) is 4.52. The molecule has 3 N–H and O–H groups in total. The van der Waals surface area contributed by atoms with Crippen LogP contribution in [0, 0.1) is 18.3 Å². The van der Waals surface area contributed by atoms with Crippen LogP contribution in [0.3, 0.4) is 0 Å². The molecule has 1 aromatic carbocycles. The van der Waals surface area contributed by atoms with E-state index in [1.54, 1.807) is 0 Å². The lowest BCUT2D eigenvalue weighted by atomic mass is 10.0. The Labute approximate surface area is 141 Å². The molecule has 0 bridgehead atoms. The molecule has 1 unspecified atom stereocenters. The molecule has 0 aliphatic heterocycles. The Morgan fingerprint density at radius 1 is 1.25 bits per heavy atom. The highest BCUT2D eigenvalue weighted by atomic mass is 32.2. The molecule has 0 heterocycles. The van der Waals surface area contributed by atoms with Gasteiger partial charge in [0.1, 0.15) is 6.04 Å². The molecule has 0 aliphatic carbocycles. The summed E-state index contributed by atoms with van der Waals surface area (Å²) in [6.07, 6.45) is 5.30. The van der Waals surface area contributed by atoms with Crippen molar-refractivity contribution in [3.05, 3.63) is 29.8 Å². The Bertz CT molecular complexity index is 733. The molecule has 7 nitrogen and oxygen atoms in total. The van der Waals surface area contributed by atoms with E-state index < -0.39 is 27.9 Å². The number of carboxylic acid groups (broad SMARTS) is 1. The number of hydrogen-bond donors (Lipinski definition) is 3. The highest BCUT2D eigenvalue weighted by Gasteiger charge is 2.22. The third-order valence-electron chi connectivity index (χ3n) is 3.10. The van der Waals surface area contributed by atoms with Gasteiger partial charge in [-0.25, -0.2) is 13.2 Å². The number of carbonyl (C=O) groups is 2. The van der Waals surface area contributed by atoms with Crippen molar-refractivity contribution < 1.29 is 23.1 Å². The van der Waals surface area contributed by atoms with E-state index in [0.29, 0.717) is 6.42 Å². The van der Waals surface area contributed by atoms with Crippen molar-refractivity contribution in [2.24, 2.45) is 5.92 Å². The number of aliphatic carboxylic acids is 1. The zero-order chi connectivity index (χ0) is 18.3. The van der Waals surface area contributed by atoms with Gasteiger partial charge in [0.15, 0.2) is 0 Å². The average Bonchev–Trinajstić information content (AvgIpc) is 2.52. The minimum Gasteiger partial charge on any atom is -0.480 e. The number of terminal acetylenes is 1. The van der Waals surface area contributed by atoms with Gasteiger partial charge in [-0.05, 0) is 36.6 Å². The molecule has 0 fully saturated rings. The maximum absolute atomic E-state index is 12.1. The van der Waals surface area contributed by atoms with Crippen molar-refractivity contribution in [2.45, 2.75) is 31.2 Å². The lowest BCUT2D eigenvalue weighted by Gasteiger charge is -2.16. The van der Waals surface area contributed by atoms with Crippen LogP contribution in [-0.4, -0.2) is 38.0 Å². The Kier molecular flexibility index (Phi) is 6.95. The number of benzene rings is 1. The number of carboxylic acids is 1. The van der Waals surface area contributed by atoms with Gasteiger partial charge in [0.2, 0.25) is 10.0 Å². The minimum absolute atomic E-state index is 0.0359. The van der Waals surface area contributed by atoms with Gasteiger partial charge in [0.05, 0.1) is 11.4 Å². The van der Waals surface area contributed by atoms with Crippen molar-refractivity contribution in [3.63, 3.8) is 0 Å². The molecule has 130 valence electrons. The van der Waals surface area contributed by atoms with Gasteiger partial charge in [-0.1, -0.05) is 19.8 Å². The molecule has 0 saturated heterocycles. The van der Waals surface area contributed by atoms with Crippen LogP contribution in [0.5, 0.6) is 0 Å². The molecule has 1 amide bonds. The van der Waals surface area contributed by atoms with Crippen LogP contribution in [-0.2, 0) is 14.8 Å². The first kappa shape index (κ1) is 19.7. The summed E-state index contributed by atoms with van der Waals surface area (Å²) in [5.74, 6) is 0.563. The van der Waals surface area contributed by atoms with Gasteiger partial charge >= 0.3 is 5.97 Å². The van der Waals surface area contributed by atoms with Crippen LogP contribution in [0.15, 0.2) is 29.2 Å². The molecule has 0 spiro atoms. The largest absolute Gasteiger partial charge is 0.480 e. The molecular weight excluding hydrogens is 332 g/mol. The number of nitrogens with one attached hydrogen (secondary N) is 2. The molecule has 8 heteroatoms. The summed E-state index contributed by atoms with van der Waals surface area (Å²) in [6.45, 7) is 3.57. The lowest BCUT2D eigenvalue weighted by Crippen LogP contribution is -2.41. The Morgan fingerprint density at radius 3 is 2.29 bits per heavy atom. The molecule has 0 aromatic heterocycles. The quantitative estimate of drug-likeness (QED) is 0.600. The topological polar surface area (TPSA) is 113 Å². The molecule has 1 atom stereocenters. The first-order chi connectivity index (χ1) is 11.2. The highest BCUT2D eigenvalue weighted by molar-refractivity contribution is 7.89. The van der Waals surface area contributed by atoms with E-state index in [0.717, 1.165) is 0 Å². The number of rotatable bonds is 8. The van der Waals surface area contributed by atoms with Crippen molar-refractivity contribution >= 4 is 21.9 Å². The fraction of sp³-hybridized carbons (Fsp3) is 0.375. The van der Waals surface area contributed by atoms with Crippen molar-refractivity contribution in [1.82, 2.24) is 10.0 Å². The number of sulfonamides is 1. The highest BCUT2D eigenvalue weighted by Crippen LogP contribution is 2.11. The van der Waals surface area contributed by atoms with Crippen molar-refractivity contribution in [3.8, 4) is 12.3 Å². The minimum atomic E-state index is -3.74. The molecule has 1 aromatic rings. The summed E-state index contributed by atoms with van der Waals surface area (Å²) in [5, 5.41) is 11.6. The molecule has 0 radical (unpaired) electrons. The summed E-state index contributed by atoms with van der Waals surface area (Å²) in [6, 6.07) is 4.14. The standard InChI is InChI=1S/C16H20N2O5S/c1-4-9-17-24(22,23)13-7-5-12(6-8-13)15(19)18-14(16(20)21)10-11(2)3/h1,5-8,11,14,17H,9-10H2,2-3H3,(H,18,19)(H,20,21). The molecular formula is C16H20N2O5S. The van der Waals surface area contributed by atoms with Gasteiger partial charge in [-0.3, -0.25) is 4.79 Å². The average molecular weight is 352 g/mol. The van der Waals surface area contributed by atoms with E-state index in [1.165, 1.54) is 24.3 Å². The SMILES string of the molecule is C#CCNS(=O)(=O)c1ccc(C(=O)NC(CC(C)C)C(=O)O)cc1. The van der Waals surface area contributed by atoms with E-state index in [2.05, 4.69) is 16.0 Å². The van der Waals surface area contributed by atoms with Gasteiger partial charge in [-0.2, -0.15) is 4.72 Å². The predicted octanol–water partition coefficient (Wildman–Crippen LogP) is 0.827. The van der Waals surface area contributed by atoms with Crippen LogP contribution < -0.4 is 10.0 Å². The normalized spacial score (nSPS) is 12.4. The second-order valence-electron chi connectivity index (χ2n) is 5.55. The van der Waals surface area contributed by atoms with Crippen LogP contribution in [0.4, 0.5) is 0 Å². The van der Waals surface area contributed by atoms with Gasteiger partial charge in [0, 0.05) is 5.56 Å². The monoisotopic (exact) mass is 352 g/mol. The van der Waals surface area contributed by atoms with Gasteiger partial charge in [0.25, 0.3) is 5.91 Å². The lowest BCUT2D eigenvalue weighted by molar-refractivity contribution is -0.139. The van der Waals surface area contributed by atoms with E-state index in [1.807, 2.05) is 13.8 Å². The summed E-state index contributed by atoms with van der Waals surface area (Å²) in [7, 11) is -3.74. The first-order valence-electron chi connectivity index (χ1n) is 7.24. The van der Waals surface area contributed by atoms with Crippen molar-refractivity contribution in [2.75, 3.05) is 6.54 Å².